The Morgan fingerprint density at radius 1 is 1.12 bits per heavy atom. The van der Waals surface area contributed by atoms with Crippen molar-refractivity contribution in [3.63, 3.8) is 0 Å². The fourth-order valence-corrected chi connectivity index (χ4v) is 2.14. The Kier molecular flexibility index (Phi) is 12.1. The predicted molar refractivity (Wildman–Crippen MR) is 116 cm³/mol. The first-order chi connectivity index (χ1) is 11.0. The molecule has 2 N–H and O–H groups in total. The van der Waals surface area contributed by atoms with Crippen LogP contribution in [0.5, 0.6) is 0 Å². The summed E-state index contributed by atoms with van der Waals surface area (Å²) in [7, 11) is 2.17. The molecule has 0 heterocycles. The molecule has 0 saturated carbocycles. The molecule has 0 aromatic heterocycles. The average molecular weight is 446 g/mol. The van der Waals surface area contributed by atoms with Gasteiger partial charge in [-0.25, -0.2) is 4.99 Å². The van der Waals surface area contributed by atoms with Gasteiger partial charge in [0.25, 0.3) is 0 Å². The van der Waals surface area contributed by atoms with E-state index in [9.17, 15) is 0 Å². The van der Waals surface area contributed by atoms with Crippen molar-refractivity contribution in [1.29, 1.82) is 0 Å². The quantitative estimate of drug-likeness (QED) is 0.360. The molecule has 0 radical (unpaired) electrons. The van der Waals surface area contributed by atoms with E-state index in [1.807, 2.05) is 0 Å². The lowest BCUT2D eigenvalue weighted by Gasteiger charge is -2.22. The largest absolute Gasteiger partial charge is 0.357 e. The van der Waals surface area contributed by atoms with E-state index in [-0.39, 0.29) is 24.0 Å². The summed E-state index contributed by atoms with van der Waals surface area (Å²) in [5, 5.41) is 6.77. The second-order valence-electron chi connectivity index (χ2n) is 6.43. The summed E-state index contributed by atoms with van der Waals surface area (Å²) in [5.41, 5.74) is 2.65. The number of nitrogens with zero attached hydrogens (tertiary/aromatic N) is 2. The van der Waals surface area contributed by atoms with Gasteiger partial charge in [0.2, 0.25) is 0 Å². The maximum atomic E-state index is 4.76. The van der Waals surface area contributed by atoms with E-state index < -0.39 is 0 Å². The Labute approximate surface area is 165 Å². The van der Waals surface area contributed by atoms with Gasteiger partial charge in [0.15, 0.2) is 5.96 Å². The van der Waals surface area contributed by atoms with Gasteiger partial charge < -0.3 is 10.6 Å². The zero-order valence-corrected chi connectivity index (χ0v) is 18.4. The molecule has 0 bridgehead atoms. The summed E-state index contributed by atoms with van der Waals surface area (Å²) >= 11 is 0. The summed E-state index contributed by atoms with van der Waals surface area (Å²) in [6.45, 7) is 13.4. The van der Waals surface area contributed by atoms with E-state index in [2.05, 4.69) is 81.5 Å². The van der Waals surface area contributed by atoms with Gasteiger partial charge in [0.05, 0.1) is 6.54 Å². The first-order valence-corrected chi connectivity index (χ1v) is 8.79. The molecule has 1 unspecified atom stereocenters. The normalized spacial score (nSPS) is 12.9. The third kappa shape index (κ3) is 8.33. The minimum absolute atomic E-state index is 0. The molecule has 1 atom stereocenters. The highest BCUT2D eigenvalue weighted by atomic mass is 127. The van der Waals surface area contributed by atoms with Gasteiger partial charge in [-0.15, -0.1) is 24.0 Å². The second-order valence-corrected chi connectivity index (χ2v) is 6.43. The lowest BCUT2D eigenvalue weighted by atomic mass is 10.1. The van der Waals surface area contributed by atoms with Crippen molar-refractivity contribution in [3.05, 3.63) is 35.4 Å². The number of nitrogens with one attached hydrogen (secondary N) is 2. The van der Waals surface area contributed by atoms with Crippen molar-refractivity contribution in [1.82, 2.24) is 15.5 Å². The lowest BCUT2D eigenvalue weighted by molar-refractivity contribution is 0.265. The van der Waals surface area contributed by atoms with Gasteiger partial charge in [-0.1, -0.05) is 31.2 Å². The van der Waals surface area contributed by atoms with Crippen molar-refractivity contribution in [2.75, 3.05) is 13.6 Å². The number of halogens is 1. The molecule has 0 saturated heterocycles. The highest BCUT2D eigenvalue weighted by Crippen LogP contribution is 2.13. The molecular weight excluding hydrogens is 411 g/mol. The van der Waals surface area contributed by atoms with Crippen LogP contribution >= 0.6 is 24.0 Å². The highest BCUT2D eigenvalue weighted by molar-refractivity contribution is 14.0. The molecule has 4 nitrogen and oxygen atoms in total. The van der Waals surface area contributed by atoms with Crippen LogP contribution in [0, 0.1) is 0 Å². The van der Waals surface area contributed by atoms with Crippen LogP contribution in [0.2, 0.25) is 0 Å². The smallest absolute Gasteiger partial charge is 0.191 e. The zero-order chi connectivity index (χ0) is 17.2. The third-order valence-corrected chi connectivity index (χ3v) is 4.17. The monoisotopic (exact) mass is 446 g/mol. The molecule has 24 heavy (non-hydrogen) atoms. The van der Waals surface area contributed by atoms with Crippen molar-refractivity contribution < 1.29 is 0 Å². The molecule has 0 aliphatic carbocycles. The van der Waals surface area contributed by atoms with Crippen molar-refractivity contribution in [3.8, 4) is 0 Å². The van der Waals surface area contributed by atoms with E-state index in [4.69, 9.17) is 4.99 Å². The summed E-state index contributed by atoms with van der Waals surface area (Å²) < 4.78 is 0. The lowest BCUT2D eigenvalue weighted by Crippen LogP contribution is -2.42. The maximum Gasteiger partial charge on any atom is 0.191 e. The maximum absolute atomic E-state index is 4.76. The molecule has 0 amide bonds. The first kappa shape index (κ1) is 23.2. The summed E-state index contributed by atoms with van der Waals surface area (Å²) in [6.07, 6.45) is 1.08. The standard InChI is InChI=1S/C19H34N4.HI/c1-7-16(5)22-19(20-8-2)21-13-17-11-9-10-12-18(17)14-23(6)15(3)4;/h9-12,15-16H,7-8,13-14H2,1-6H3,(H2,20,21,22);1H. The molecule has 138 valence electrons. The van der Waals surface area contributed by atoms with Crippen molar-refractivity contribution >= 4 is 29.9 Å². The Balaban J connectivity index is 0.00000529. The molecule has 0 aliphatic heterocycles. The fraction of sp³-hybridized carbons (Fsp3) is 0.632. The number of hydrogen-bond acceptors (Lipinski definition) is 2. The number of hydrogen-bond donors (Lipinski definition) is 2. The predicted octanol–water partition coefficient (Wildman–Crippen LogP) is 4.00. The van der Waals surface area contributed by atoms with Crippen LogP contribution in [0.4, 0.5) is 0 Å². The number of guanidine groups is 1. The van der Waals surface area contributed by atoms with Crippen molar-refractivity contribution in [2.24, 2.45) is 4.99 Å². The van der Waals surface area contributed by atoms with Gasteiger partial charge >= 0.3 is 0 Å². The van der Waals surface area contributed by atoms with Crippen LogP contribution in [-0.2, 0) is 13.1 Å². The molecular formula is C19H35IN4. The fourth-order valence-electron chi connectivity index (χ4n) is 2.14. The van der Waals surface area contributed by atoms with Crippen molar-refractivity contribution in [2.45, 2.75) is 66.2 Å². The van der Waals surface area contributed by atoms with Crippen LogP contribution in [0.3, 0.4) is 0 Å². The van der Waals surface area contributed by atoms with Gasteiger partial charge in [-0.3, -0.25) is 4.90 Å². The Morgan fingerprint density at radius 3 is 2.29 bits per heavy atom. The number of aliphatic imine (C=N–C) groups is 1. The molecule has 5 heteroatoms. The molecule has 0 aliphatic rings. The zero-order valence-electron chi connectivity index (χ0n) is 16.1. The minimum Gasteiger partial charge on any atom is -0.357 e. The summed E-state index contributed by atoms with van der Waals surface area (Å²) in [6, 6.07) is 9.56. The number of benzene rings is 1. The Morgan fingerprint density at radius 2 is 1.75 bits per heavy atom. The molecule has 1 rings (SSSR count). The third-order valence-electron chi connectivity index (χ3n) is 4.17. The average Bonchev–Trinajstić information content (AvgIpc) is 2.53. The SMILES string of the molecule is CCNC(=NCc1ccccc1CN(C)C(C)C)NC(C)CC.I. The first-order valence-electron chi connectivity index (χ1n) is 8.79. The molecule has 0 spiro atoms. The van der Waals surface area contributed by atoms with Gasteiger partial charge in [0.1, 0.15) is 0 Å². The molecule has 1 aromatic rings. The van der Waals surface area contributed by atoms with E-state index in [0.29, 0.717) is 18.6 Å². The second kappa shape index (κ2) is 12.5. The van der Waals surface area contributed by atoms with Crippen LogP contribution < -0.4 is 10.6 Å². The molecule has 1 aromatic carbocycles. The van der Waals surface area contributed by atoms with Crippen LogP contribution in [0.25, 0.3) is 0 Å². The van der Waals surface area contributed by atoms with Gasteiger partial charge in [0, 0.05) is 25.2 Å². The molecule has 0 fully saturated rings. The van der Waals surface area contributed by atoms with E-state index in [1.54, 1.807) is 0 Å². The van der Waals surface area contributed by atoms with Gasteiger partial charge in [-0.05, 0) is 52.3 Å². The summed E-state index contributed by atoms with van der Waals surface area (Å²) in [5.74, 6) is 0.897. The van der Waals surface area contributed by atoms with Gasteiger partial charge in [-0.2, -0.15) is 0 Å². The van der Waals surface area contributed by atoms with Crippen LogP contribution in [-0.4, -0.2) is 36.5 Å². The highest BCUT2D eigenvalue weighted by Gasteiger charge is 2.08. The van der Waals surface area contributed by atoms with E-state index in [0.717, 1.165) is 25.5 Å². The van der Waals surface area contributed by atoms with Crippen LogP contribution in [0.1, 0.15) is 52.2 Å². The number of rotatable bonds is 8. The van der Waals surface area contributed by atoms with Crippen LogP contribution in [0.15, 0.2) is 29.3 Å². The Hall–Kier alpha value is -0.820. The minimum atomic E-state index is 0. The van der Waals surface area contributed by atoms with E-state index >= 15 is 0 Å². The van der Waals surface area contributed by atoms with E-state index in [1.165, 1.54) is 11.1 Å². The summed E-state index contributed by atoms with van der Waals surface area (Å²) in [4.78, 5) is 7.11. The Bertz CT molecular complexity index is 488. The topological polar surface area (TPSA) is 39.7 Å².